The number of rotatable bonds is 3. The van der Waals surface area contributed by atoms with Gasteiger partial charge in [-0.05, 0) is 20.8 Å². The second kappa shape index (κ2) is 8.46. The maximum Gasteiger partial charge on any atom is 0.341 e. The van der Waals surface area contributed by atoms with E-state index in [-0.39, 0.29) is 17.9 Å². The summed E-state index contributed by atoms with van der Waals surface area (Å²) in [7, 11) is 0. The van der Waals surface area contributed by atoms with Gasteiger partial charge < -0.3 is 9.80 Å². The molecule has 0 saturated carbocycles. The number of carbonyl (C=O) groups excluding carboxylic acids is 1. The van der Waals surface area contributed by atoms with Gasteiger partial charge in [0.1, 0.15) is 22.7 Å². The second-order valence-electron chi connectivity index (χ2n) is 7.92. The minimum Gasteiger partial charge on any atom is -0.337 e. The first kappa shape index (κ1) is 21.4. The van der Waals surface area contributed by atoms with Gasteiger partial charge in [0, 0.05) is 49.9 Å². The number of halogens is 1. The molecule has 0 radical (unpaired) electrons. The lowest BCUT2D eigenvalue weighted by molar-refractivity contribution is 0.139. The monoisotopic (exact) mass is 470 g/mol. The van der Waals surface area contributed by atoms with Gasteiger partial charge in [0.15, 0.2) is 11.6 Å². The highest BCUT2D eigenvalue weighted by atomic mass is 32.1. The van der Waals surface area contributed by atoms with Gasteiger partial charge in [0.25, 0.3) is 0 Å². The van der Waals surface area contributed by atoms with E-state index in [0.29, 0.717) is 50.2 Å². The molecule has 11 nitrogen and oxygen atoms in total. The zero-order valence-electron chi connectivity index (χ0n) is 18.5. The molecular formula is C20H23FN10OS. The van der Waals surface area contributed by atoms with Gasteiger partial charge in [-0.1, -0.05) is 0 Å². The van der Waals surface area contributed by atoms with Crippen molar-refractivity contribution in [3.8, 4) is 5.82 Å². The Balaban J connectivity index is 1.27. The summed E-state index contributed by atoms with van der Waals surface area (Å²) < 4.78 is 15.8. The summed E-state index contributed by atoms with van der Waals surface area (Å²) in [5.41, 5.74) is 0. The lowest BCUT2D eigenvalue weighted by atomic mass is 10.2. The van der Waals surface area contributed by atoms with Crippen LogP contribution in [-0.2, 0) is 0 Å². The lowest BCUT2D eigenvalue weighted by Gasteiger charge is -2.36. The first-order chi connectivity index (χ1) is 15.9. The third kappa shape index (κ3) is 4.03. The molecular weight excluding hydrogens is 447 g/mol. The van der Waals surface area contributed by atoms with E-state index < -0.39 is 5.82 Å². The van der Waals surface area contributed by atoms with Crippen molar-refractivity contribution in [2.24, 2.45) is 5.10 Å². The van der Waals surface area contributed by atoms with Crippen LogP contribution in [0, 0.1) is 26.6 Å². The van der Waals surface area contributed by atoms with E-state index in [2.05, 4.69) is 30.1 Å². The van der Waals surface area contributed by atoms with Gasteiger partial charge in [0.2, 0.25) is 5.95 Å². The fraction of sp³-hybridized carbons (Fsp3) is 0.450. The molecule has 0 aromatic carbocycles. The van der Waals surface area contributed by atoms with Crippen LogP contribution in [0.5, 0.6) is 0 Å². The quantitative estimate of drug-likeness (QED) is 0.578. The number of hydrazone groups is 1. The van der Waals surface area contributed by atoms with Crippen LogP contribution in [-0.4, -0.2) is 78.0 Å². The Morgan fingerprint density at radius 1 is 1.09 bits per heavy atom. The van der Waals surface area contributed by atoms with E-state index >= 15 is 0 Å². The zero-order chi connectivity index (χ0) is 23.1. The Kier molecular flexibility index (Phi) is 5.48. The van der Waals surface area contributed by atoms with Crippen molar-refractivity contribution in [1.29, 1.82) is 0 Å². The molecule has 1 atom stereocenters. The molecule has 2 aliphatic rings. The molecule has 5 rings (SSSR count). The molecule has 5 heterocycles. The predicted molar refractivity (Wildman–Crippen MR) is 120 cm³/mol. The number of carbonyl (C=O) groups is 1. The SMILES string of the molecule is Cc1nc(C)n(-c2nc(N3CCN(C(=O)N4N=CCC4c4ncc(C)s4)CC3)ncc2F)n1. The topological polar surface area (TPSA) is 109 Å². The summed E-state index contributed by atoms with van der Waals surface area (Å²) in [6.07, 6.45) is 5.38. The standard InChI is InChI=1S/C20H23FN10OS/c1-12-10-22-18(33-12)16-4-5-24-31(16)20(32)29-8-6-28(7-9-29)19-23-11-15(21)17(26-19)30-14(3)25-13(2)27-30/h5,10-11,16H,4,6-9H2,1-3H3. The molecule has 1 saturated heterocycles. The first-order valence-corrected chi connectivity index (χ1v) is 11.4. The van der Waals surface area contributed by atoms with Gasteiger partial charge in [0.05, 0.1) is 6.20 Å². The van der Waals surface area contributed by atoms with Gasteiger partial charge in [-0.3, -0.25) is 0 Å². The minimum absolute atomic E-state index is 0.0598. The van der Waals surface area contributed by atoms with E-state index in [9.17, 15) is 9.18 Å². The lowest BCUT2D eigenvalue weighted by Crippen LogP contribution is -2.52. The van der Waals surface area contributed by atoms with E-state index in [0.717, 1.165) is 16.1 Å². The molecule has 1 fully saturated rings. The number of hydrogen-bond donors (Lipinski definition) is 0. The highest BCUT2D eigenvalue weighted by Gasteiger charge is 2.35. The molecule has 33 heavy (non-hydrogen) atoms. The number of urea groups is 1. The molecule has 0 spiro atoms. The average Bonchev–Trinajstić information content (AvgIpc) is 3.53. The van der Waals surface area contributed by atoms with Crippen LogP contribution >= 0.6 is 11.3 Å². The van der Waals surface area contributed by atoms with Crippen LogP contribution in [0.4, 0.5) is 15.1 Å². The third-order valence-corrected chi connectivity index (χ3v) is 6.59. The van der Waals surface area contributed by atoms with Crippen LogP contribution in [0.2, 0.25) is 0 Å². The molecule has 172 valence electrons. The Morgan fingerprint density at radius 2 is 1.88 bits per heavy atom. The number of aromatic nitrogens is 6. The van der Waals surface area contributed by atoms with Crippen LogP contribution < -0.4 is 4.90 Å². The largest absolute Gasteiger partial charge is 0.341 e. The summed E-state index contributed by atoms with van der Waals surface area (Å²) in [6.45, 7) is 7.47. The van der Waals surface area contributed by atoms with E-state index in [4.69, 9.17) is 0 Å². The number of aryl methyl sites for hydroxylation is 3. The Bertz CT molecular complexity index is 1220. The summed E-state index contributed by atoms with van der Waals surface area (Å²) in [4.78, 5) is 35.2. The van der Waals surface area contributed by atoms with Gasteiger partial charge >= 0.3 is 6.03 Å². The number of hydrogen-bond acceptors (Lipinski definition) is 9. The van der Waals surface area contributed by atoms with Crippen molar-refractivity contribution >= 4 is 29.5 Å². The first-order valence-electron chi connectivity index (χ1n) is 10.6. The number of piperazine rings is 1. The van der Waals surface area contributed by atoms with Gasteiger partial charge in [-0.2, -0.15) is 14.8 Å². The predicted octanol–water partition coefficient (Wildman–Crippen LogP) is 2.25. The van der Waals surface area contributed by atoms with Crippen molar-refractivity contribution < 1.29 is 9.18 Å². The van der Waals surface area contributed by atoms with E-state index in [1.807, 2.05) is 18.0 Å². The summed E-state index contributed by atoms with van der Waals surface area (Å²) in [5.74, 6) is 0.958. The smallest absolute Gasteiger partial charge is 0.337 e. The zero-order valence-corrected chi connectivity index (χ0v) is 19.3. The summed E-state index contributed by atoms with van der Waals surface area (Å²) >= 11 is 1.58. The Hall–Kier alpha value is -3.48. The van der Waals surface area contributed by atoms with Crippen molar-refractivity contribution in [1.82, 2.24) is 39.6 Å². The number of amides is 2. The number of anilines is 1. The third-order valence-electron chi connectivity index (χ3n) is 5.57. The average molecular weight is 471 g/mol. The van der Waals surface area contributed by atoms with Crippen LogP contribution in [0.15, 0.2) is 17.5 Å². The van der Waals surface area contributed by atoms with Crippen molar-refractivity contribution in [2.75, 3.05) is 31.1 Å². The molecule has 0 bridgehead atoms. The molecule has 13 heteroatoms. The molecule has 1 unspecified atom stereocenters. The van der Waals surface area contributed by atoms with E-state index in [1.54, 1.807) is 36.3 Å². The summed E-state index contributed by atoms with van der Waals surface area (Å²) in [5, 5.41) is 10.9. The highest BCUT2D eigenvalue weighted by molar-refractivity contribution is 7.11. The number of nitrogens with zero attached hydrogens (tertiary/aromatic N) is 10. The normalized spacial score (nSPS) is 18.4. The van der Waals surface area contributed by atoms with Crippen molar-refractivity contribution in [3.63, 3.8) is 0 Å². The second-order valence-corrected chi connectivity index (χ2v) is 9.19. The number of thiazole rings is 1. The maximum atomic E-state index is 14.4. The van der Waals surface area contributed by atoms with E-state index in [1.165, 1.54) is 9.69 Å². The Labute approximate surface area is 193 Å². The Morgan fingerprint density at radius 3 is 2.55 bits per heavy atom. The molecule has 0 N–H and O–H groups in total. The minimum atomic E-state index is -0.573. The fourth-order valence-corrected chi connectivity index (χ4v) is 4.82. The van der Waals surface area contributed by atoms with Gasteiger partial charge in [-0.15, -0.1) is 16.4 Å². The fourth-order valence-electron chi connectivity index (χ4n) is 3.94. The molecule has 0 aliphatic carbocycles. The molecule has 3 aromatic heterocycles. The highest BCUT2D eigenvalue weighted by Crippen LogP contribution is 2.32. The molecule has 2 aliphatic heterocycles. The van der Waals surface area contributed by atoms with Crippen molar-refractivity contribution in [3.05, 3.63) is 39.7 Å². The van der Waals surface area contributed by atoms with Crippen LogP contribution in [0.25, 0.3) is 5.82 Å². The summed E-state index contributed by atoms with van der Waals surface area (Å²) in [6, 6.07) is -0.303. The maximum absolute atomic E-state index is 14.4. The molecule has 3 aromatic rings. The van der Waals surface area contributed by atoms with Crippen LogP contribution in [0.3, 0.4) is 0 Å². The molecule has 2 amide bonds. The van der Waals surface area contributed by atoms with Crippen molar-refractivity contribution in [2.45, 2.75) is 33.2 Å². The van der Waals surface area contributed by atoms with Crippen LogP contribution in [0.1, 0.15) is 34.0 Å². The van der Waals surface area contributed by atoms with Gasteiger partial charge in [-0.25, -0.2) is 29.1 Å².